The molecule has 0 saturated carbocycles. The van der Waals surface area contributed by atoms with Gasteiger partial charge in [-0.05, 0) is 74.9 Å². The van der Waals surface area contributed by atoms with Gasteiger partial charge in [-0.2, -0.15) is 0 Å². The zero-order valence-corrected chi connectivity index (χ0v) is 19.5. The van der Waals surface area contributed by atoms with E-state index >= 15 is 0 Å². The number of carbonyl (C=O) groups is 2. The maximum absolute atomic E-state index is 13.6. The molecule has 3 aliphatic rings. The Labute approximate surface area is 195 Å². The Morgan fingerprint density at radius 1 is 1.27 bits per heavy atom. The maximum atomic E-state index is 13.6. The molecule has 2 aromatic rings. The summed E-state index contributed by atoms with van der Waals surface area (Å²) in [7, 11) is 0. The summed E-state index contributed by atoms with van der Waals surface area (Å²) in [6.45, 7) is 6.16. The molecule has 5 rings (SSSR count). The minimum Gasteiger partial charge on any atom is -0.494 e. The predicted octanol–water partition coefficient (Wildman–Crippen LogP) is 3.77. The number of nitrogens with one attached hydrogen (secondary N) is 2. The lowest BCUT2D eigenvalue weighted by Crippen LogP contribution is -2.58. The first-order chi connectivity index (χ1) is 16.1. The number of fused-ring (bicyclic) bond motifs is 4. The molecule has 6 heteroatoms. The Bertz CT molecular complexity index is 1040. The highest BCUT2D eigenvalue weighted by Gasteiger charge is 2.46. The lowest BCUT2D eigenvalue weighted by molar-refractivity contribution is -0.145. The Morgan fingerprint density at radius 3 is 2.88 bits per heavy atom. The number of hydrogen-bond donors (Lipinski definition) is 2. The fourth-order valence-corrected chi connectivity index (χ4v) is 5.83. The smallest absolute Gasteiger partial charge is 0.252 e. The van der Waals surface area contributed by atoms with Crippen LogP contribution in [0.3, 0.4) is 0 Å². The number of carbonyl (C=O) groups excluding carboxylic acids is 2. The number of hydrogen-bond acceptors (Lipinski definition) is 4. The minimum atomic E-state index is -0.123. The second-order valence-electron chi connectivity index (χ2n) is 9.42. The summed E-state index contributed by atoms with van der Waals surface area (Å²) in [5.41, 5.74) is 3.82. The van der Waals surface area contributed by atoms with Crippen molar-refractivity contribution < 1.29 is 14.3 Å². The quantitative estimate of drug-likeness (QED) is 0.732. The Kier molecular flexibility index (Phi) is 6.11. The van der Waals surface area contributed by atoms with Gasteiger partial charge in [-0.1, -0.05) is 30.3 Å². The Morgan fingerprint density at radius 2 is 2.09 bits per heavy atom. The van der Waals surface area contributed by atoms with Crippen molar-refractivity contribution in [2.75, 3.05) is 19.7 Å². The van der Waals surface area contributed by atoms with Crippen molar-refractivity contribution in [2.45, 2.75) is 57.7 Å². The summed E-state index contributed by atoms with van der Waals surface area (Å²) in [6, 6.07) is 13.9. The van der Waals surface area contributed by atoms with E-state index in [2.05, 4.69) is 16.7 Å². The molecule has 0 aliphatic carbocycles. The molecule has 0 spiro atoms. The lowest BCUT2D eigenvalue weighted by atomic mass is 9.75. The molecular weight excluding hydrogens is 414 g/mol. The number of amides is 2. The van der Waals surface area contributed by atoms with Crippen LogP contribution in [0, 0.1) is 5.92 Å². The number of benzene rings is 2. The molecule has 174 valence electrons. The van der Waals surface area contributed by atoms with Crippen LogP contribution < -0.4 is 15.4 Å². The standard InChI is InChI=1S/C27H33N3O3/c1-3-33-20-14-19-11-13-30-24(16-23-21(27(30)32)10-7-12-28-23)25(19)22(15-20)26(31)29-17(2)18-8-5-4-6-9-18/h4-6,8-9,14-15,17,21,23-24,28H,3,7,10-13,16H2,1-2H3,(H,29,31)/t17-,21+,23+,24-/m1/s1. The van der Waals surface area contributed by atoms with Crippen LogP contribution >= 0.6 is 0 Å². The molecule has 0 bridgehead atoms. The second kappa shape index (κ2) is 9.18. The predicted molar refractivity (Wildman–Crippen MR) is 127 cm³/mol. The van der Waals surface area contributed by atoms with Gasteiger partial charge < -0.3 is 20.3 Å². The fraction of sp³-hybridized carbons (Fsp3) is 0.481. The van der Waals surface area contributed by atoms with Crippen LogP contribution in [-0.2, 0) is 11.2 Å². The number of nitrogens with zero attached hydrogens (tertiary/aromatic N) is 1. The maximum Gasteiger partial charge on any atom is 0.252 e. The molecule has 33 heavy (non-hydrogen) atoms. The van der Waals surface area contributed by atoms with E-state index in [1.54, 1.807) is 0 Å². The van der Waals surface area contributed by atoms with Crippen molar-refractivity contribution in [3.8, 4) is 5.75 Å². The molecule has 0 aromatic heterocycles. The molecule has 3 aliphatic heterocycles. The molecule has 2 aromatic carbocycles. The van der Waals surface area contributed by atoms with Crippen LogP contribution in [-0.4, -0.2) is 42.5 Å². The lowest BCUT2D eigenvalue weighted by Gasteiger charge is -2.48. The van der Waals surface area contributed by atoms with Crippen LogP contribution in [0.4, 0.5) is 0 Å². The summed E-state index contributed by atoms with van der Waals surface area (Å²) in [4.78, 5) is 29.0. The van der Waals surface area contributed by atoms with Crippen molar-refractivity contribution in [3.63, 3.8) is 0 Å². The van der Waals surface area contributed by atoms with Gasteiger partial charge in [0.15, 0.2) is 0 Å². The summed E-state index contributed by atoms with van der Waals surface area (Å²) in [5, 5.41) is 6.76. The van der Waals surface area contributed by atoms with Crippen LogP contribution in [0.25, 0.3) is 0 Å². The van der Waals surface area contributed by atoms with E-state index < -0.39 is 0 Å². The first-order valence-corrected chi connectivity index (χ1v) is 12.3. The van der Waals surface area contributed by atoms with E-state index in [9.17, 15) is 9.59 Å². The van der Waals surface area contributed by atoms with Crippen molar-refractivity contribution in [1.29, 1.82) is 0 Å². The zero-order chi connectivity index (χ0) is 22.9. The van der Waals surface area contributed by atoms with Gasteiger partial charge >= 0.3 is 0 Å². The van der Waals surface area contributed by atoms with Crippen LogP contribution in [0.15, 0.2) is 42.5 Å². The van der Waals surface area contributed by atoms with Gasteiger partial charge in [0.2, 0.25) is 5.91 Å². The number of ether oxygens (including phenoxy) is 1. The highest BCUT2D eigenvalue weighted by Crippen LogP contribution is 2.43. The summed E-state index contributed by atoms with van der Waals surface area (Å²) >= 11 is 0. The monoisotopic (exact) mass is 447 g/mol. The third-order valence-electron chi connectivity index (χ3n) is 7.44. The molecule has 2 amide bonds. The van der Waals surface area contributed by atoms with Crippen molar-refractivity contribution in [3.05, 3.63) is 64.7 Å². The molecular formula is C27H33N3O3. The topological polar surface area (TPSA) is 70.7 Å². The van der Waals surface area contributed by atoms with Gasteiger partial charge in [0, 0.05) is 18.2 Å². The summed E-state index contributed by atoms with van der Waals surface area (Å²) in [5.74, 6) is 0.914. The Balaban J connectivity index is 1.51. The van der Waals surface area contributed by atoms with Crippen molar-refractivity contribution in [1.82, 2.24) is 15.5 Å². The normalized spacial score (nSPS) is 24.8. The van der Waals surface area contributed by atoms with Gasteiger partial charge in [-0.3, -0.25) is 9.59 Å². The third kappa shape index (κ3) is 4.12. The first kappa shape index (κ1) is 22.0. The van der Waals surface area contributed by atoms with Gasteiger partial charge in [0.05, 0.1) is 24.6 Å². The minimum absolute atomic E-state index is 0.0645. The largest absolute Gasteiger partial charge is 0.494 e. The number of rotatable bonds is 5. The van der Waals surface area contributed by atoms with Crippen LogP contribution in [0.1, 0.15) is 72.2 Å². The SMILES string of the molecule is CCOc1cc2c(c(C(=O)N[C@H](C)c3ccccc3)c1)[C@H]1C[C@@H]3NCCC[C@@H]3C(=O)N1CC2. The van der Waals surface area contributed by atoms with E-state index in [1.165, 1.54) is 0 Å². The second-order valence-corrected chi connectivity index (χ2v) is 9.42. The summed E-state index contributed by atoms with van der Waals surface area (Å²) < 4.78 is 5.82. The molecule has 0 radical (unpaired) electrons. The van der Waals surface area contributed by atoms with Gasteiger partial charge in [-0.25, -0.2) is 0 Å². The molecule has 2 saturated heterocycles. The molecule has 2 N–H and O–H groups in total. The highest BCUT2D eigenvalue weighted by molar-refractivity contribution is 5.97. The Hall–Kier alpha value is -2.86. The van der Waals surface area contributed by atoms with Crippen LogP contribution in [0.2, 0.25) is 0 Å². The van der Waals surface area contributed by atoms with E-state index in [-0.39, 0.29) is 35.9 Å². The van der Waals surface area contributed by atoms with E-state index in [4.69, 9.17) is 4.74 Å². The fourth-order valence-electron chi connectivity index (χ4n) is 5.83. The average molecular weight is 448 g/mol. The van der Waals surface area contributed by atoms with Gasteiger partial charge in [0.1, 0.15) is 5.75 Å². The van der Waals surface area contributed by atoms with Gasteiger partial charge in [-0.15, -0.1) is 0 Å². The molecule has 0 unspecified atom stereocenters. The van der Waals surface area contributed by atoms with E-state index in [0.29, 0.717) is 18.7 Å². The molecule has 3 heterocycles. The van der Waals surface area contributed by atoms with Crippen molar-refractivity contribution in [2.24, 2.45) is 5.92 Å². The highest BCUT2D eigenvalue weighted by atomic mass is 16.5. The van der Waals surface area contributed by atoms with E-state index in [1.807, 2.05) is 55.1 Å². The summed E-state index contributed by atoms with van der Waals surface area (Å²) in [6.07, 6.45) is 3.60. The van der Waals surface area contributed by atoms with Gasteiger partial charge in [0.25, 0.3) is 5.91 Å². The van der Waals surface area contributed by atoms with Crippen LogP contribution in [0.5, 0.6) is 5.75 Å². The zero-order valence-electron chi connectivity index (χ0n) is 19.5. The number of piperidine rings is 2. The third-order valence-corrected chi connectivity index (χ3v) is 7.44. The van der Waals surface area contributed by atoms with E-state index in [0.717, 1.165) is 54.7 Å². The van der Waals surface area contributed by atoms with Crippen molar-refractivity contribution >= 4 is 11.8 Å². The average Bonchev–Trinajstić information content (AvgIpc) is 2.84. The first-order valence-electron chi connectivity index (χ1n) is 12.3. The molecule has 6 nitrogen and oxygen atoms in total. The molecule has 4 atom stereocenters. The molecule has 2 fully saturated rings.